The summed E-state index contributed by atoms with van der Waals surface area (Å²) in [7, 11) is 0. The monoisotopic (exact) mass is 288 g/mol. The van der Waals surface area contributed by atoms with E-state index in [1.165, 1.54) is 37.1 Å². The van der Waals surface area contributed by atoms with Crippen LogP contribution < -0.4 is 0 Å². The van der Waals surface area contributed by atoms with E-state index >= 15 is 0 Å². The van der Waals surface area contributed by atoms with E-state index in [4.69, 9.17) is 4.74 Å². The van der Waals surface area contributed by atoms with Crippen molar-refractivity contribution in [3.05, 3.63) is 35.4 Å². The van der Waals surface area contributed by atoms with E-state index in [1.807, 2.05) is 0 Å². The smallest absolute Gasteiger partial charge is 0.0674 e. The number of hydrogen-bond donors (Lipinski definition) is 0. The lowest BCUT2D eigenvalue weighted by atomic mass is 10.0. The van der Waals surface area contributed by atoms with Crippen LogP contribution in [0.25, 0.3) is 0 Å². The van der Waals surface area contributed by atoms with E-state index in [0.29, 0.717) is 6.10 Å². The van der Waals surface area contributed by atoms with Crippen LogP contribution >= 0.6 is 0 Å². The van der Waals surface area contributed by atoms with E-state index in [1.54, 1.807) is 0 Å². The summed E-state index contributed by atoms with van der Waals surface area (Å²) in [4.78, 5) is 5.26. The van der Waals surface area contributed by atoms with Crippen LogP contribution in [-0.4, -0.2) is 54.7 Å². The van der Waals surface area contributed by atoms with Crippen LogP contribution in [0, 0.1) is 6.92 Å². The molecule has 0 saturated carbocycles. The first kappa shape index (κ1) is 15.0. The number of likely N-dealkylation sites (tertiary alicyclic amines) is 1. The Morgan fingerprint density at radius 3 is 2.71 bits per heavy atom. The fourth-order valence-corrected chi connectivity index (χ4v) is 3.69. The Balaban J connectivity index is 1.48. The van der Waals surface area contributed by atoms with Gasteiger partial charge in [0.1, 0.15) is 0 Å². The number of morpholine rings is 1. The molecule has 0 radical (unpaired) electrons. The summed E-state index contributed by atoms with van der Waals surface area (Å²) >= 11 is 0. The van der Waals surface area contributed by atoms with Crippen LogP contribution in [0.15, 0.2) is 24.3 Å². The summed E-state index contributed by atoms with van der Waals surface area (Å²) in [6.45, 7) is 11.1. The quantitative estimate of drug-likeness (QED) is 0.850. The number of aryl methyl sites for hydroxylation is 1. The zero-order chi connectivity index (χ0) is 14.7. The van der Waals surface area contributed by atoms with Crippen molar-refractivity contribution >= 4 is 0 Å². The van der Waals surface area contributed by atoms with Crippen LogP contribution in [0.3, 0.4) is 0 Å². The topological polar surface area (TPSA) is 15.7 Å². The van der Waals surface area contributed by atoms with Crippen molar-refractivity contribution in [3.63, 3.8) is 0 Å². The Labute approximate surface area is 128 Å². The highest BCUT2D eigenvalue weighted by molar-refractivity contribution is 5.22. The summed E-state index contributed by atoms with van der Waals surface area (Å²) < 4.78 is 5.66. The second-order valence-corrected chi connectivity index (χ2v) is 6.67. The summed E-state index contributed by atoms with van der Waals surface area (Å²) in [6.07, 6.45) is 3.01. The van der Waals surface area contributed by atoms with E-state index < -0.39 is 0 Å². The van der Waals surface area contributed by atoms with Crippen LogP contribution in [0.1, 0.15) is 30.9 Å². The largest absolute Gasteiger partial charge is 0.376 e. The maximum Gasteiger partial charge on any atom is 0.0674 e. The molecule has 0 spiro atoms. The molecule has 2 fully saturated rings. The highest BCUT2D eigenvalue weighted by Crippen LogP contribution is 2.20. The van der Waals surface area contributed by atoms with E-state index in [9.17, 15) is 0 Å². The first-order valence-electron chi connectivity index (χ1n) is 8.34. The minimum absolute atomic E-state index is 0.407. The number of rotatable bonds is 3. The molecule has 116 valence electrons. The molecule has 0 N–H and O–H groups in total. The fraction of sp³-hybridized carbons (Fsp3) is 0.667. The lowest BCUT2D eigenvalue weighted by Crippen LogP contribution is -2.50. The third kappa shape index (κ3) is 4.06. The molecule has 2 aliphatic heterocycles. The predicted octanol–water partition coefficient (Wildman–Crippen LogP) is 2.68. The van der Waals surface area contributed by atoms with Gasteiger partial charge in [-0.3, -0.25) is 9.80 Å². The van der Waals surface area contributed by atoms with Crippen molar-refractivity contribution in [2.45, 2.75) is 45.4 Å². The van der Waals surface area contributed by atoms with E-state index in [-0.39, 0.29) is 0 Å². The van der Waals surface area contributed by atoms with Crippen LogP contribution in [-0.2, 0) is 11.3 Å². The molecule has 1 aromatic rings. The van der Waals surface area contributed by atoms with Crippen LogP contribution in [0.4, 0.5) is 0 Å². The van der Waals surface area contributed by atoms with E-state index in [2.05, 4.69) is 47.9 Å². The fourth-order valence-electron chi connectivity index (χ4n) is 3.69. The molecule has 2 saturated heterocycles. The molecule has 0 bridgehead atoms. The first-order valence-corrected chi connectivity index (χ1v) is 8.34. The molecule has 2 heterocycles. The molecular weight excluding hydrogens is 260 g/mol. The zero-order valence-electron chi connectivity index (χ0n) is 13.4. The molecule has 0 amide bonds. The van der Waals surface area contributed by atoms with Gasteiger partial charge in [-0.25, -0.2) is 0 Å². The maximum atomic E-state index is 5.66. The summed E-state index contributed by atoms with van der Waals surface area (Å²) in [5.74, 6) is 0. The Kier molecular flexibility index (Phi) is 4.94. The minimum Gasteiger partial charge on any atom is -0.376 e. The van der Waals surface area contributed by atoms with Crippen molar-refractivity contribution in [1.29, 1.82) is 0 Å². The molecular formula is C18H28N2O. The molecule has 3 heteroatoms. The molecule has 21 heavy (non-hydrogen) atoms. The van der Waals surface area contributed by atoms with Crippen molar-refractivity contribution in [3.8, 4) is 0 Å². The van der Waals surface area contributed by atoms with Gasteiger partial charge in [-0.05, 0) is 45.3 Å². The first-order chi connectivity index (χ1) is 10.2. The summed E-state index contributed by atoms with van der Waals surface area (Å²) in [5.41, 5.74) is 2.82. The van der Waals surface area contributed by atoms with Gasteiger partial charge < -0.3 is 4.74 Å². The SMILES string of the molecule is Cc1cccc(CN2CCC(N3CCOC(C)C3)CC2)c1. The van der Waals surface area contributed by atoms with Gasteiger partial charge in [0.2, 0.25) is 0 Å². The Bertz CT molecular complexity index is 454. The molecule has 1 atom stereocenters. The van der Waals surface area contributed by atoms with Crippen molar-refractivity contribution < 1.29 is 4.74 Å². The summed E-state index contributed by atoms with van der Waals surface area (Å²) in [6, 6.07) is 9.69. The number of piperidine rings is 1. The molecule has 3 nitrogen and oxygen atoms in total. The third-order valence-corrected chi connectivity index (χ3v) is 4.83. The van der Waals surface area contributed by atoms with E-state index in [0.717, 1.165) is 32.3 Å². The van der Waals surface area contributed by atoms with Crippen molar-refractivity contribution in [1.82, 2.24) is 9.80 Å². The predicted molar refractivity (Wildman–Crippen MR) is 86.5 cm³/mol. The number of ether oxygens (including phenoxy) is 1. The van der Waals surface area contributed by atoms with Gasteiger partial charge in [0.15, 0.2) is 0 Å². The summed E-state index contributed by atoms with van der Waals surface area (Å²) in [5, 5.41) is 0. The van der Waals surface area contributed by atoms with Gasteiger partial charge in [0.25, 0.3) is 0 Å². The molecule has 3 rings (SSSR count). The molecule has 1 unspecified atom stereocenters. The maximum absolute atomic E-state index is 5.66. The second kappa shape index (κ2) is 6.91. The molecule has 0 aromatic heterocycles. The van der Waals surface area contributed by atoms with Crippen LogP contribution in [0.5, 0.6) is 0 Å². The number of hydrogen-bond acceptors (Lipinski definition) is 3. The zero-order valence-corrected chi connectivity index (χ0v) is 13.4. The molecule has 2 aliphatic rings. The average Bonchev–Trinajstić information content (AvgIpc) is 2.48. The highest BCUT2D eigenvalue weighted by Gasteiger charge is 2.27. The average molecular weight is 288 g/mol. The van der Waals surface area contributed by atoms with Crippen molar-refractivity contribution in [2.75, 3.05) is 32.8 Å². The standard InChI is InChI=1S/C18H28N2O/c1-15-4-3-5-17(12-15)14-19-8-6-18(7-9-19)20-10-11-21-16(2)13-20/h3-5,12,16,18H,6-11,13-14H2,1-2H3. The van der Waals surface area contributed by atoms with Gasteiger partial charge in [-0.15, -0.1) is 0 Å². The Morgan fingerprint density at radius 2 is 2.00 bits per heavy atom. The normalized spacial score (nSPS) is 26.1. The number of benzene rings is 1. The number of nitrogens with zero attached hydrogens (tertiary/aromatic N) is 2. The van der Waals surface area contributed by atoms with Gasteiger partial charge in [0, 0.05) is 25.7 Å². The van der Waals surface area contributed by atoms with Gasteiger partial charge in [-0.1, -0.05) is 29.8 Å². The molecule has 0 aliphatic carbocycles. The lowest BCUT2D eigenvalue weighted by molar-refractivity contribution is -0.0437. The highest BCUT2D eigenvalue weighted by atomic mass is 16.5. The Morgan fingerprint density at radius 1 is 1.19 bits per heavy atom. The lowest BCUT2D eigenvalue weighted by Gasteiger charge is -2.41. The Hall–Kier alpha value is -0.900. The van der Waals surface area contributed by atoms with Crippen LogP contribution in [0.2, 0.25) is 0 Å². The van der Waals surface area contributed by atoms with Gasteiger partial charge in [0.05, 0.1) is 12.7 Å². The van der Waals surface area contributed by atoms with Gasteiger partial charge in [-0.2, -0.15) is 0 Å². The van der Waals surface area contributed by atoms with Gasteiger partial charge >= 0.3 is 0 Å². The minimum atomic E-state index is 0.407. The van der Waals surface area contributed by atoms with Crippen molar-refractivity contribution in [2.24, 2.45) is 0 Å². The third-order valence-electron chi connectivity index (χ3n) is 4.83. The second-order valence-electron chi connectivity index (χ2n) is 6.67. The molecule has 1 aromatic carbocycles.